The standard InChI is InChI=1S/C20H23N5O/c1-13-9-14(2)19(15(3)10-13)23-18-12-22-25-20(24-18)21-11-16-5-7-17(26-4)8-6-16/h5-10,12H,11H2,1-4H3,(H2,21,23,24,25). The molecular formula is C20H23N5O. The Labute approximate surface area is 153 Å². The van der Waals surface area contributed by atoms with E-state index in [1.165, 1.54) is 16.7 Å². The van der Waals surface area contributed by atoms with Gasteiger partial charge in [-0.1, -0.05) is 29.8 Å². The first-order valence-electron chi connectivity index (χ1n) is 8.46. The van der Waals surface area contributed by atoms with Gasteiger partial charge in [-0.25, -0.2) is 0 Å². The number of nitrogens with zero attached hydrogens (tertiary/aromatic N) is 3. The van der Waals surface area contributed by atoms with Gasteiger partial charge in [0.2, 0.25) is 5.95 Å². The lowest BCUT2D eigenvalue weighted by Crippen LogP contribution is -2.07. The first-order valence-corrected chi connectivity index (χ1v) is 8.46. The van der Waals surface area contributed by atoms with Crippen LogP contribution in [0.3, 0.4) is 0 Å². The van der Waals surface area contributed by atoms with Crippen molar-refractivity contribution in [2.45, 2.75) is 27.3 Å². The van der Waals surface area contributed by atoms with Crippen molar-refractivity contribution >= 4 is 17.5 Å². The summed E-state index contributed by atoms with van der Waals surface area (Å²) in [5.41, 5.74) is 5.76. The number of benzene rings is 2. The third-order valence-corrected chi connectivity index (χ3v) is 4.10. The van der Waals surface area contributed by atoms with Crippen molar-refractivity contribution < 1.29 is 4.74 Å². The van der Waals surface area contributed by atoms with Crippen LogP contribution < -0.4 is 15.4 Å². The molecule has 2 N–H and O–H groups in total. The van der Waals surface area contributed by atoms with E-state index in [2.05, 4.69) is 58.7 Å². The molecule has 0 unspecified atom stereocenters. The van der Waals surface area contributed by atoms with Crippen LogP contribution in [0.15, 0.2) is 42.6 Å². The molecule has 6 heteroatoms. The highest BCUT2D eigenvalue weighted by molar-refractivity contribution is 5.65. The van der Waals surface area contributed by atoms with Crippen molar-refractivity contribution in [2.75, 3.05) is 17.7 Å². The van der Waals surface area contributed by atoms with E-state index in [-0.39, 0.29) is 0 Å². The highest BCUT2D eigenvalue weighted by Crippen LogP contribution is 2.25. The van der Waals surface area contributed by atoms with Gasteiger partial charge in [0.05, 0.1) is 13.3 Å². The van der Waals surface area contributed by atoms with Crippen molar-refractivity contribution in [3.8, 4) is 5.75 Å². The zero-order chi connectivity index (χ0) is 18.5. The fraction of sp³-hybridized carbons (Fsp3) is 0.250. The van der Waals surface area contributed by atoms with E-state index in [1.54, 1.807) is 13.3 Å². The highest BCUT2D eigenvalue weighted by atomic mass is 16.5. The van der Waals surface area contributed by atoms with E-state index in [1.807, 2.05) is 24.3 Å². The fourth-order valence-corrected chi connectivity index (χ4v) is 2.87. The minimum atomic E-state index is 0.480. The van der Waals surface area contributed by atoms with Gasteiger partial charge in [-0.15, -0.1) is 5.10 Å². The maximum atomic E-state index is 5.17. The smallest absolute Gasteiger partial charge is 0.244 e. The van der Waals surface area contributed by atoms with Crippen molar-refractivity contribution in [3.63, 3.8) is 0 Å². The molecule has 3 rings (SSSR count). The number of nitrogens with one attached hydrogen (secondary N) is 2. The van der Waals surface area contributed by atoms with E-state index < -0.39 is 0 Å². The van der Waals surface area contributed by atoms with Gasteiger partial charge < -0.3 is 15.4 Å². The number of ether oxygens (including phenoxy) is 1. The summed E-state index contributed by atoms with van der Waals surface area (Å²) >= 11 is 0. The van der Waals surface area contributed by atoms with Crippen LogP contribution in [-0.4, -0.2) is 22.3 Å². The first kappa shape index (κ1) is 17.7. The summed E-state index contributed by atoms with van der Waals surface area (Å²) in [6.45, 7) is 6.87. The number of hydrogen-bond donors (Lipinski definition) is 2. The second kappa shape index (κ2) is 7.82. The van der Waals surface area contributed by atoms with Gasteiger partial charge in [-0.2, -0.15) is 10.1 Å². The molecule has 0 radical (unpaired) electrons. The molecule has 6 nitrogen and oxygen atoms in total. The minimum absolute atomic E-state index is 0.480. The Morgan fingerprint density at radius 2 is 1.69 bits per heavy atom. The molecule has 0 bridgehead atoms. The zero-order valence-electron chi connectivity index (χ0n) is 15.5. The molecule has 1 heterocycles. The topological polar surface area (TPSA) is 72.0 Å². The van der Waals surface area contributed by atoms with Crippen LogP contribution in [0.25, 0.3) is 0 Å². The third kappa shape index (κ3) is 4.27. The number of methoxy groups -OCH3 is 1. The molecule has 0 aliphatic rings. The van der Waals surface area contributed by atoms with E-state index in [0.29, 0.717) is 18.3 Å². The molecule has 0 aliphatic heterocycles. The summed E-state index contributed by atoms with van der Waals surface area (Å²) in [5.74, 6) is 1.97. The summed E-state index contributed by atoms with van der Waals surface area (Å²) in [6.07, 6.45) is 1.62. The van der Waals surface area contributed by atoms with Crippen molar-refractivity contribution in [1.82, 2.24) is 15.2 Å². The van der Waals surface area contributed by atoms with Gasteiger partial charge in [0, 0.05) is 12.2 Å². The zero-order valence-corrected chi connectivity index (χ0v) is 15.5. The number of rotatable bonds is 6. The van der Waals surface area contributed by atoms with Gasteiger partial charge in [0.15, 0.2) is 5.82 Å². The maximum absolute atomic E-state index is 5.17. The Hall–Kier alpha value is -3.15. The SMILES string of the molecule is COc1ccc(CNc2nncc(Nc3c(C)cc(C)cc3C)n2)cc1. The quantitative estimate of drug-likeness (QED) is 0.696. The van der Waals surface area contributed by atoms with Gasteiger partial charge in [0.25, 0.3) is 0 Å². The number of anilines is 3. The second-order valence-electron chi connectivity index (χ2n) is 6.27. The summed E-state index contributed by atoms with van der Waals surface area (Å²) < 4.78 is 5.17. The lowest BCUT2D eigenvalue weighted by molar-refractivity contribution is 0.414. The molecule has 2 aromatic carbocycles. The van der Waals surface area contributed by atoms with Crippen molar-refractivity contribution in [3.05, 3.63) is 64.8 Å². The van der Waals surface area contributed by atoms with Crippen molar-refractivity contribution in [2.24, 2.45) is 0 Å². The minimum Gasteiger partial charge on any atom is -0.497 e. The summed E-state index contributed by atoms with van der Waals surface area (Å²) in [6, 6.07) is 12.1. The van der Waals surface area contributed by atoms with E-state index >= 15 is 0 Å². The summed E-state index contributed by atoms with van der Waals surface area (Å²) in [4.78, 5) is 4.50. The predicted octanol–water partition coefficient (Wildman–Crippen LogP) is 4.16. The normalized spacial score (nSPS) is 10.5. The van der Waals surface area contributed by atoms with Gasteiger partial charge in [0.1, 0.15) is 5.75 Å². The number of aromatic nitrogens is 3. The van der Waals surface area contributed by atoms with Crippen molar-refractivity contribution in [1.29, 1.82) is 0 Å². The first-order chi connectivity index (χ1) is 12.5. The third-order valence-electron chi connectivity index (χ3n) is 4.10. The van der Waals surface area contributed by atoms with E-state index in [9.17, 15) is 0 Å². The molecule has 0 saturated heterocycles. The van der Waals surface area contributed by atoms with Gasteiger partial charge in [-0.3, -0.25) is 0 Å². The number of hydrogen-bond acceptors (Lipinski definition) is 6. The molecule has 0 aliphatic carbocycles. The molecule has 0 amide bonds. The van der Waals surface area contributed by atoms with Crippen LogP contribution in [0.1, 0.15) is 22.3 Å². The predicted molar refractivity (Wildman–Crippen MR) is 104 cm³/mol. The Kier molecular flexibility index (Phi) is 5.31. The average molecular weight is 349 g/mol. The van der Waals surface area contributed by atoms with E-state index in [0.717, 1.165) is 17.0 Å². The maximum Gasteiger partial charge on any atom is 0.244 e. The number of aryl methyl sites for hydroxylation is 3. The Balaban J connectivity index is 1.70. The molecule has 0 saturated carbocycles. The fourth-order valence-electron chi connectivity index (χ4n) is 2.87. The van der Waals surface area contributed by atoms with Crippen LogP contribution >= 0.6 is 0 Å². The molecule has 3 aromatic rings. The largest absolute Gasteiger partial charge is 0.497 e. The molecule has 26 heavy (non-hydrogen) atoms. The monoisotopic (exact) mass is 349 g/mol. The Morgan fingerprint density at radius 3 is 2.35 bits per heavy atom. The Morgan fingerprint density at radius 1 is 1.00 bits per heavy atom. The molecule has 1 aromatic heterocycles. The summed E-state index contributed by atoms with van der Waals surface area (Å²) in [5, 5.41) is 14.6. The second-order valence-corrected chi connectivity index (χ2v) is 6.27. The lowest BCUT2D eigenvalue weighted by Gasteiger charge is -2.13. The molecule has 134 valence electrons. The highest BCUT2D eigenvalue weighted by Gasteiger charge is 2.07. The van der Waals surface area contributed by atoms with Crippen LogP contribution in [0.4, 0.5) is 17.5 Å². The molecular weight excluding hydrogens is 326 g/mol. The Bertz CT molecular complexity index is 870. The van der Waals surface area contributed by atoms with Crippen LogP contribution in [0.2, 0.25) is 0 Å². The average Bonchev–Trinajstić information content (AvgIpc) is 2.64. The van der Waals surface area contributed by atoms with Gasteiger partial charge in [-0.05, 0) is 49.6 Å². The van der Waals surface area contributed by atoms with Gasteiger partial charge >= 0.3 is 0 Å². The lowest BCUT2D eigenvalue weighted by atomic mass is 10.1. The van der Waals surface area contributed by atoms with E-state index in [4.69, 9.17) is 4.74 Å². The molecule has 0 spiro atoms. The van der Waals surface area contributed by atoms with Crippen LogP contribution in [0, 0.1) is 20.8 Å². The van der Waals surface area contributed by atoms with Crippen LogP contribution in [0.5, 0.6) is 5.75 Å². The van der Waals surface area contributed by atoms with Crippen LogP contribution in [-0.2, 0) is 6.54 Å². The summed E-state index contributed by atoms with van der Waals surface area (Å²) in [7, 11) is 1.66. The molecule has 0 fully saturated rings. The molecule has 0 atom stereocenters.